The first-order valence-corrected chi connectivity index (χ1v) is 7.84. The molecular formula is C16H14NO3S2-. The number of rotatable bonds is 4. The van der Waals surface area contributed by atoms with E-state index in [1.54, 1.807) is 6.08 Å². The Balaban J connectivity index is 2.23. The third-order valence-corrected chi connectivity index (χ3v) is 4.44. The van der Waals surface area contributed by atoms with Crippen LogP contribution in [0.4, 0.5) is 0 Å². The zero-order valence-corrected chi connectivity index (χ0v) is 13.7. The molecule has 1 atom stereocenters. The summed E-state index contributed by atoms with van der Waals surface area (Å²) in [5.41, 5.74) is 1.91. The average Bonchev–Trinajstić information content (AvgIpc) is 2.73. The summed E-state index contributed by atoms with van der Waals surface area (Å²) in [6.45, 7) is 3.26. The van der Waals surface area contributed by atoms with Crippen molar-refractivity contribution in [2.24, 2.45) is 0 Å². The van der Waals surface area contributed by atoms with Gasteiger partial charge in [0, 0.05) is 0 Å². The normalized spacial score (nSPS) is 18.9. The van der Waals surface area contributed by atoms with Gasteiger partial charge in [-0.3, -0.25) is 9.69 Å². The first-order chi connectivity index (χ1) is 10.4. The number of hydrogen-bond acceptors (Lipinski definition) is 5. The molecule has 0 bridgehead atoms. The molecule has 0 spiro atoms. The van der Waals surface area contributed by atoms with E-state index in [0.717, 1.165) is 27.8 Å². The molecule has 1 unspecified atom stereocenters. The van der Waals surface area contributed by atoms with Crippen molar-refractivity contribution in [1.82, 2.24) is 4.90 Å². The van der Waals surface area contributed by atoms with E-state index >= 15 is 0 Å². The Morgan fingerprint density at radius 1 is 1.36 bits per heavy atom. The molecule has 0 aliphatic carbocycles. The maximum Gasteiger partial charge on any atom is 0.266 e. The van der Waals surface area contributed by atoms with Crippen LogP contribution in [0.15, 0.2) is 46.9 Å². The van der Waals surface area contributed by atoms with E-state index in [1.165, 1.54) is 6.92 Å². The molecule has 1 aliphatic heterocycles. The van der Waals surface area contributed by atoms with Crippen molar-refractivity contribution in [2.75, 3.05) is 0 Å². The number of aliphatic carboxylic acids is 1. The van der Waals surface area contributed by atoms with Crippen molar-refractivity contribution in [1.29, 1.82) is 0 Å². The van der Waals surface area contributed by atoms with Gasteiger partial charge in [0.1, 0.15) is 4.32 Å². The number of nitrogens with zero attached hydrogens (tertiary/aromatic N) is 1. The molecule has 1 heterocycles. The van der Waals surface area contributed by atoms with Gasteiger partial charge in [0.05, 0.1) is 16.9 Å². The molecule has 114 valence electrons. The minimum absolute atomic E-state index is 0.237. The van der Waals surface area contributed by atoms with Crippen molar-refractivity contribution in [3.05, 3.63) is 52.4 Å². The number of carboxylic acids is 1. The summed E-state index contributed by atoms with van der Waals surface area (Å²) in [5.74, 6) is -1.72. The summed E-state index contributed by atoms with van der Waals surface area (Å²) in [7, 11) is 0. The van der Waals surface area contributed by atoms with Crippen molar-refractivity contribution >= 4 is 46.3 Å². The predicted molar refractivity (Wildman–Crippen MR) is 89.7 cm³/mol. The molecule has 0 radical (unpaired) electrons. The van der Waals surface area contributed by atoms with Crippen molar-refractivity contribution in [2.45, 2.75) is 19.9 Å². The summed E-state index contributed by atoms with van der Waals surface area (Å²) in [6, 6.07) is 8.64. The number of carboxylic acid groups (broad SMARTS) is 1. The van der Waals surface area contributed by atoms with Crippen molar-refractivity contribution < 1.29 is 14.7 Å². The Kier molecular flexibility index (Phi) is 5.15. The molecule has 4 nitrogen and oxygen atoms in total. The largest absolute Gasteiger partial charge is 0.548 e. The second-order valence-electron chi connectivity index (χ2n) is 4.85. The minimum Gasteiger partial charge on any atom is -0.548 e. The standard InChI is InChI=1S/C16H15NO3S2/c1-10(8-12-6-4-3-5-7-12)9-13-14(18)17(16(21)22-13)11(2)15(19)20/h3-9,11H,1-2H3,(H,19,20)/p-1. The van der Waals surface area contributed by atoms with Crippen LogP contribution in [-0.2, 0) is 9.59 Å². The van der Waals surface area contributed by atoms with Gasteiger partial charge >= 0.3 is 0 Å². The maximum atomic E-state index is 12.3. The number of amides is 1. The smallest absolute Gasteiger partial charge is 0.266 e. The minimum atomic E-state index is -1.32. The summed E-state index contributed by atoms with van der Waals surface area (Å²) in [4.78, 5) is 24.7. The van der Waals surface area contributed by atoms with E-state index in [1.807, 2.05) is 43.3 Å². The van der Waals surface area contributed by atoms with E-state index in [9.17, 15) is 14.7 Å². The monoisotopic (exact) mass is 332 g/mol. The molecular weight excluding hydrogens is 318 g/mol. The number of allylic oxidation sites excluding steroid dienone is 2. The number of thiocarbonyl (C=S) groups is 1. The Labute approximate surface area is 138 Å². The first kappa shape index (κ1) is 16.5. The zero-order valence-electron chi connectivity index (χ0n) is 12.1. The summed E-state index contributed by atoms with van der Waals surface area (Å²) in [6.07, 6.45) is 3.66. The highest BCUT2D eigenvalue weighted by Gasteiger charge is 2.35. The van der Waals surface area contributed by atoms with Crippen LogP contribution in [0.2, 0.25) is 0 Å². The third-order valence-electron chi connectivity index (χ3n) is 3.10. The van der Waals surface area contributed by atoms with Crippen LogP contribution >= 0.6 is 24.0 Å². The molecule has 22 heavy (non-hydrogen) atoms. The number of benzene rings is 1. The van der Waals surface area contributed by atoms with Gasteiger partial charge in [-0.25, -0.2) is 0 Å². The lowest BCUT2D eigenvalue weighted by atomic mass is 10.1. The quantitative estimate of drug-likeness (QED) is 0.623. The van der Waals surface area contributed by atoms with E-state index < -0.39 is 17.9 Å². The second kappa shape index (κ2) is 6.89. The van der Waals surface area contributed by atoms with Crippen LogP contribution in [0.25, 0.3) is 6.08 Å². The number of thioether (sulfide) groups is 1. The number of carbonyl (C=O) groups excluding carboxylic acids is 2. The highest BCUT2D eigenvalue weighted by molar-refractivity contribution is 8.26. The molecule has 1 saturated heterocycles. The molecule has 1 aromatic rings. The van der Waals surface area contributed by atoms with Gasteiger partial charge in [-0.1, -0.05) is 60.4 Å². The lowest BCUT2D eigenvalue weighted by molar-refractivity contribution is -0.309. The van der Waals surface area contributed by atoms with Gasteiger partial charge in [0.2, 0.25) is 0 Å². The van der Waals surface area contributed by atoms with E-state index in [0.29, 0.717) is 4.91 Å². The molecule has 2 rings (SSSR count). The van der Waals surface area contributed by atoms with E-state index in [-0.39, 0.29) is 4.32 Å². The number of carbonyl (C=O) groups is 2. The molecule has 0 aromatic heterocycles. The van der Waals surface area contributed by atoms with Crippen LogP contribution in [-0.4, -0.2) is 27.1 Å². The molecule has 1 amide bonds. The average molecular weight is 332 g/mol. The SMILES string of the molecule is CC(=Cc1ccccc1)C=C1SC(=S)N(C(C)C(=O)[O-])C1=O. The van der Waals surface area contributed by atoms with Gasteiger partial charge in [0.25, 0.3) is 5.91 Å². The van der Waals surface area contributed by atoms with Crippen molar-refractivity contribution in [3.8, 4) is 0 Å². The van der Waals surface area contributed by atoms with E-state index in [4.69, 9.17) is 12.2 Å². The highest BCUT2D eigenvalue weighted by atomic mass is 32.2. The summed E-state index contributed by atoms with van der Waals surface area (Å²) < 4.78 is 0.237. The van der Waals surface area contributed by atoms with Crippen LogP contribution in [0, 0.1) is 0 Å². The highest BCUT2D eigenvalue weighted by Crippen LogP contribution is 2.33. The molecule has 0 saturated carbocycles. The fourth-order valence-corrected chi connectivity index (χ4v) is 3.45. The van der Waals surface area contributed by atoms with Gasteiger partial charge < -0.3 is 9.90 Å². The van der Waals surface area contributed by atoms with E-state index in [2.05, 4.69) is 0 Å². The number of hydrogen-bond donors (Lipinski definition) is 0. The third kappa shape index (κ3) is 3.64. The van der Waals surface area contributed by atoms with Crippen LogP contribution in [0.3, 0.4) is 0 Å². The lowest BCUT2D eigenvalue weighted by Crippen LogP contribution is -2.48. The molecule has 1 aromatic carbocycles. The Morgan fingerprint density at radius 2 is 2.00 bits per heavy atom. The van der Waals surface area contributed by atoms with Crippen molar-refractivity contribution in [3.63, 3.8) is 0 Å². The van der Waals surface area contributed by atoms with Gasteiger partial charge in [-0.15, -0.1) is 0 Å². The fraction of sp³-hybridized carbons (Fsp3) is 0.188. The fourth-order valence-electron chi connectivity index (χ4n) is 1.98. The zero-order chi connectivity index (χ0) is 16.3. The maximum absolute atomic E-state index is 12.3. The van der Waals surface area contributed by atoms with Gasteiger partial charge in [0.15, 0.2) is 0 Å². The summed E-state index contributed by atoms with van der Waals surface area (Å²) in [5, 5.41) is 10.9. The second-order valence-corrected chi connectivity index (χ2v) is 6.52. The molecule has 1 fully saturated rings. The Bertz CT molecular complexity index is 680. The van der Waals surface area contributed by atoms with Gasteiger partial charge in [-0.2, -0.15) is 0 Å². The molecule has 0 N–H and O–H groups in total. The predicted octanol–water partition coefficient (Wildman–Crippen LogP) is 1.97. The van der Waals surface area contributed by atoms with Gasteiger partial charge in [-0.05, 0) is 31.1 Å². The Hall–Kier alpha value is -1.92. The van der Waals surface area contributed by atoms with Crippen LogP contribution in [0.1, 0.15) is 19.4 Å². The topological polar surface area (TPSA) is 60.4 Å². The van der Waals surface area contributed by atoms with Crippen LogP contribution in [0.5, 0.6) is 0 Å². The molecule has 6 heteroatoms. The first-order valence-electron chi connectivity index (χ1n) is 6.61. The Morgan fingerprint density at radius 3 is 2.59 bits per heavy atom. The molecule has 1 aliphatic rings. The summed E-state index contributed by atoms with van der Waals surface area (Å²) >= 11 is 6.19. The lowest BCUT2D eigenvalue weighted by Gasteiger charge is -2.23. The van der Waals surface area contributed by atoms with Crippen LogP contribution < -0.4 is 5.11 Å².